The normalized spacial score (nSPS) is 10.5. The van der Waals surface area contributed by atoms with E-state index in [9.17, 15) is 9.59 Å². The maximum absolute atomic E-state index is 10.9. The van der Waals surface area contributed by atoms with Gasteiger partial charge in [0.25, 0.3) is 0 Å². The number of carboxylic acid groups (broad SMARTS) is 1. The van der Waals surface area contributed by atoms with E-state index in [0.29, 0.717) is 27.8 Å². The summed E-state index contributed by atoms with van der Waals surface area (Å²) in [4.78, 5) is 24.3. The number of hydrogen-bond donors (Lipinski definition) is 2. The summed E-state index contributed by atoms with van der Waals surface area (Å²) in [6.45, 7) is 0. The minimum atomic E-state index is -1.08. The van der Waals surface area contributed by atoms with Gasteiger partial charge in [0.1, 0.15) is 0 Å². The van der Waals surface area contributed by atoms with Gasteiger partial charge in [-0.2, -0.15) is 0 Å². The van der Waals surface area contributed by atoms with Gasteiger partial charge in [-0.3, -0.25) is 4.79 Å². The molecule has 0 aliphatic heterocycles. The van der Waals surface area contributed by atoms with Crippen molar-refractivity contribution in [2.45, 2.75) is 0 Å². The second-order valence-corrected chi connectivity index (χ2v) is 3.48. The molecular weight excluding hydrogens is 218 g/mol. The molecule has 0 atom stereocenters. The average molecular weight is 224 g/mol. The predicted molar refractivity (Wildman–Crippen MR) is 55.7 cm³/mol. The van der Waals surface area contributed by atoms with Crippen LogP contribution in [-0.4, -0.2) is 22.3 Å². The van der Waals surface area contributed by atoms with Gasteiger partial charge in [0.2, 0.25) is 0 Å². The summed E-state index contributed by atoms with van der Waals surface area (Å²) in [5, 5.41) is 9.74. The van der Waals surface area contributed by atoms with Crippen molar-refractivity contribution in [3.8, 4) is 0 Å². The summed E-state index contributed by atoms with van der Waals surface area (Å²) in [5.41, 5.74) is 0.870. The summed E-state index contributed by atoms with van der Waals surface area (Å²) >= 11 is 5.76. The second-order valence-electron chi connectivity index (χ2n) is 3.04. The minimum Gasteiger partial charge on any atom is -0.478 e. The van der Waals surface area contributed by atoms with Crippen LogP contribution >= 0.6 is 11.6 Å². The number of benzene rings is 1. The molecule has 0 aliphatic rings. The molecule has 76 valence electrons. The third kappa shape index (κ3) is 1.49. The number of aromatic carboxylic acids is 1. The van der Waals surface area contributed by atoms with Crippen LogP contribution in [0.1, 0.15) is 20.7 Å². The van der Waals surface area contributed by atoms with Gasteiger partial charge in [-0.15, -0.1) is 0 Å². The first-order chi connectivity index (χ1) is 7.13. The van der Waals surface area contributed by atoms with E-state index in [4.69, 9.17) is 16.7 Å². The third-order valence-electron chi connectivity index (χ3n) is 2.14. The van der Waals surface area contributed by atoms with Gasteiger partial charge < -0.3 is 10.1 Å². The molecule has 4 nitrogen and oxygen atoms in total. The van der Waals surface area contributed by atoms with Crippen molar-refractivity contribution < 1.29 is 14.7 Å². The van der Waals surface area contributed by atoms with E-state index < -0.39 is 5.97 Å². The lowest BCUT2D eigenvalue weighted by atomic mass is 10.1. The number of nitrogens with one attached hydrogen (secondary N) is 1. The number of rotatable bonds is 2. The minimum absolute atomic E-state index is 0.0607. The molecule has 1 aromatic carbocycles. The number of halogens is 1. The number of aromatic amines is 1. The molecule has 0 fully saturated rings. The highest BCUT2D eigenvalue weighted by atomic mass is 35.5. The lowest BCUT2D eigenvalue weighted by Crippen LogP contribution is -1.97. The molecule has 2 N–H and O–H groups in total. The van der Waals surface area contributed by atoms with Crippen LogP contribution in [0.2, 0.25) is 5.02 Å². The van der Waals surface area contributed by atoms with Gasteiger partial charge in [0.05, 0.1) is 11.1 Å². The van der Waals surface area contributed by atoms with Crippen LogP contribution in [0.4, 0.5) is 0 Å². The van der Waals surface area contributed by atoms with Gasteiger partial charge in [-0.25, -0.2) is 4.79 Å². The van der Waals surface area contributed by atoms with Gasteiger partial charge in [0.15, 0.2) is 6.29 Å². The smallest absolute Gasteiger partial charge is 0.337 e. The summed E-state index contributed by atoms with van der Waals surface area (Å²) in [7, 11) is 0. The van der Waals surface area contributed by atoms with Crippen molar-refractivity contribution in [1.82, 2.24) is 4.98 Å². The van der Waals surface area contributed by atoms with Crippen LogP contribution in [0.3, 0.4) is 0 Å². The van der Waals surface area contributed by atoms with Gasteiger partial charge >= 0.3 is 5.97 Å². The zero-order valence-electron chi connectivity index (χ0n) is 7.45. The van der Waals surface area contributed by atoms with Crippen molar-refractivity contribution >= 4 is 34.8 Å². The van der Waals surface area contributed by atoms with E-state index in [1.54, 1.807) is 6.07 Å². The Morgan fingerprint density at radius 2 is 2.20 bits per heavy atom. The molecule has 0 saturated heterocycles. The first kappa shape index (κ1) is 9.73. The van der Waals surface area contributed by atoms with E-state index in [0.717, 1.165) is 0 Å². The fourth-order valence-electron chi connectivity index (χ4n) is 1.48. The second kappa shape index (κ2) is 3.40. The Hall–Kier alpha value is -1.81. The van der Waals surface area contributed by atoms with E-state index in [1.807, 2.05) is 0 Å². The van der Waals surface area contributed by atoms with Crippen molar-refractivity contribution in [3.05, 3.63) is 34.5 Å². The van der Waals surface area contributed by atoms with Crippen LogP contribution in [0.15, 0.2) is 18.3 Å². The monoisotopic (exact) mass is 223 g/mol. The number of hydrogen-bond acceptors (Lipinski definition) is 2. The van der Waals surface area contributed by atoms with Crippen LogP contribution in [-0.2, 0) is 0 Å². The van der Waals surface area contributed by atoms with Crippen LogP contribution < -0.4 is 0 Å². The Bertz CT molecular complexity index is 559. The van der Waals surface area contributed by atoms with Crippen LogP contribution in [0.5, 0.6) is 0 Å². The maximum Gasteiger partial charge on any atom is 0.337 e. The van der Waals surface area contributed by atoms with E-state index in [2.05, 4.69) is 4.98 Å². The Morgan fingerprint density at radius 3 is 2.80 bits per heavy atom. The molecule has 0 amide bonds. The lowest BCUT2D eigenvalue weighted by Gasteiger charge is -1.99. The van der Waals surface area contributed by atoms with E-state index in [-0.39, 0.29) is 5.56 Å². The Labute approximate surface area is 89.5 Å². The quantitative estimate of drug-likeness (QED) is 0.768. The number of aromatic nitrogens is 1. The molecule has 2 rings (SSSR count). The maximum atomic E-state index is 10.9. The number of fused-ring (bicyclic) bond motifs is 1. The number of carboxylic acids is 1. The molecule has 0 radical (unpaired) electrons. The van der Waals surface area contributed by atoms with Crippen molar-refractivity contribution in [2.75, 3.05) is 0 Å². The summed E-state index contributed by atoms with van der Waals surface area (Å²) in [6, 6.07) is 2.90. The largest absolute Gasteiger partial charge is 0.478 e. The van der Waals surface area contributed by atoms with Gasteiger partial charge in [-0.1, -0.05) is 11.6 Å². The van der Waals surface area contributed by atoms with Gasteiger partial charge in [-0.05, 0) is 12.1 Å². The lowest BCUT2D eigenvalue weighted by molar-refractivity contribution is 0.0698. The molecule has 0 unspecified atom stereocenters. The SMILES string of the molecule is O=Cc1c[nH]c2c(C(=O)O)cc(Cl)cc12. The molecule has 15 heavy (non-hydrogen) atoms. The van der Waals surface area contributed by atoms with Crippen LogP contribution in [0.25, 0.3) is 10.9 Å². The Kier molecular flexibility index (Phi) is 2.21. The first-order valence-electron chi connectivity index (χ1n) is 4.12. The third-order valence-corrected chi connectivity index (χ3v) is 2.36. The number of carbonyl (C=O) groups is 2. The molecule has 0 spiro atoms. The topological polar surface area (TPSA) is 70.2 Å². The molecule has 2 aromatic rings. The van der Waals surface area contributed by atoms with Crippen LogP contribution in [0, 0.1) is 0 Å². The molecule has 0 bridgehead atoms. The predicted octanol–water partition coefficient (Wildman–Crippen LogP) is 2.33. The summed E-state index contributed by atoms with van der Waals surface area (Å²) in [6.07, 6.45) is 2.11. The molecule has 0 aliphatic carbocycles. The summed E-state index contributed by atoms with van der Waals surface area (Å²) < 4.78 is 0. The number of carbonyl (C=O) groups excluding carboxylic acids is 1. The Morgan fingerprint density at radius 1 is 1.47 bits per heavy atom. The molecule has 0 saturated carbocycles. The number of aldehydes is 1. The molecule has 1 heterocycles. The molecule has 5 heteroatoms. The van der Waals surface area contributed by atoms with Crippen molar-refractivity contribution in [2.24, 2.45) is 0 Å². The highest BCUT2D eigenvalue weighted by Gasteiger charge is 2.13. The fourth-order valence-corrected chi connectivity index (χ4v) is 1.70. The van der Waals surface area contributed by atoms with E-state index >= 15 is 0 Å². The zero-order chi connectivity index (χ0) is 11.0. The molecule has 1 aromatic heterocycles. The fraction of sp³-hybridized carbons (Fsp3) is 0. The average Bonchev–Trinajstić information content (AvgIpc) is 2.58. The summed E-state index contributed by atoms with van der Waals surface area (Å²) in [5.74, 6) is -1.08. The first-order valence-corrected chi connectivity index (χ1v) is 4.50. The van der Waals surface area contributed by atoms with E-state index in [1.165, 1.54) is 12.3 Å². The van der Waals surface area contributed by atoms with Crippen molar-refractivity contribution in [3.63, 3.8) is 0 Å². The highest BCUT2D eigenvalue weighted by molar-refractivity contribution is 6.32. The van der Waals surface area contributed by atoms with Gasteiger partial charge in [0, 0.05) is 22.2 Å². The van der Waals surface area contributed by atoms with Crippen molar-refractivity contribution in [1.29, 1.82) is 0 Å². The molecular formula is C10H6ClNO3. The highest BCUT2D eigenvalue weighted by Crippen LogP contribution is 2.25. The number of H-pyrrole nitrogens is 1. The zero-order valence-corrected chi connectivity index (χ0v) is 8.21. The Balaban J connectivity index is 2.88. The standard InChI is InChI=1S/C10H6ClNO3/c11-6-1-7-5(4-13)3-12-9(7)8(2-6)10(14)15/h1-4,12H,(H,14,15).